The molecule has 0 rings (SSSR count). The molecule has 0 radical (unpaired) electrons. The van der Waals surface area contributed by atoms with Crippen LogP contribution in [-0.4, -0.2) is 22.8 Å². The molecule has 3 nitrogen and oxygen atoms in total. The second-order valence-electron chi connectivity index (χ2n) is 4.43. The standard InChI is InChI=1S/C14H26O.C2H4O2/c1-2-3-4-5-6-7-8-9-10-11-12-13-14-15;1-2(3)4/h2-3,5-6,15H,4,7-14H2,1H3;1H3,(H,3,4)/b3-2+,6-5+;. The van der Waals surface area contributed by atoms with Crippen LogP contribution in [0.3, 0.4) is 0 Å². The zero-order chi connectivity index (χ0) is 14.8. The van der Waals surface area contributed by atoms with E-state index < -0.39 is 5.97 Å². The Bertz CT molecular complexity index is 228. The Kier molecular flexibility index (Phi) is 20.5. The summed E-state index contributed by atoms with van der Waals surface area (Å²) in [6, 6.07) is 0. The van der Waals surface area contributed by atoms with Crippen molar-refractivity contribution in [2.45, 2.75) is 65.2 Å². The van der Waals surface area contributed by atoms with E-state index in [9.17, 15) is 0 Å². The first-order valence-corrected chi connectivity index (χ1v) is 7.21. The van der Waals surface area contributed by atoms with Crippen LogP contribution in [-0.2, 0) is 4.79 Å². The second kappa shape index (κ2) is 19.3. The van der Waals surface area contributed by atoms with Crippen LogP contribution in [0.5, 0.6) is 0 Å². The van der Waals surface area contributed by atoms with Crippen molar-refractivity contribution >= 4 is 5.97 Å². The molecular weight excluding hydrogens is 240 g/mol. The predicted octanol–water partition coefficient (Wildman–Crippen LogP) is 4.32. The molecule has 0 saturated carbocycles. The molecule has 0 aromatic carbocycles. The van der Waals surface area contributed by atoms with Gasteiger partial charge in [0.05, 0.1) is 0 Å². The van der Waals surface area contributed by atoms with Crippen molar-refractivity contribution in [1.82, 2.24) is 0 Å². The van der Waals surface area contributed by atoms with Crippen molar-refractivity contribution in [3.05, 3.63) is 24.3 Å². The van der Waals surface area contributed by atoms with E-state index in [0.29, 0.717) is 6.61 Å². The summed E-state index contributed by atoms with van der Waals surface area (Å²) >= 11 is 0. The largest absolute Gasteiger partial charge is 0.481 e. The van der Waals surface area contributed by atoms with Gasteiger partial charge in [0.25, 0.3) is 5.97 Å². The van der Waals surface area contributed by atoms with Crippen LogP contribution >= 0.6 is 0 Å². The van der Waals surface area contributed by atoms with Gasteiger partial charge in [-0.15, -0.1) is 0 Å². The van der Waals surface area contributed by atoms with E-state index in [1.54, 1.807) is 0 Å². The highest BCUT2D eigenvalue weighted by molar-refractivity contribution is 5.62. The Morgan fingerprint density at radius 2 is 1.47 bits per heavy atom. The summed E-state index contributed by atoms with van der Waals surface area (Å²) < 4.78 is 0. The van der Waals surface area contributed by atoms with Crippen LogP contribution in [0.4, 0.5) is 0 Å². The Balaban J connectivity index is 0. The van der Waals surface area contributed by atoms with E-state index >= 15 is 0 Å². The lowest BCUT2D eigenvalue weighted by Crippen LogP contribution is -1.83. The van der Waals surface area contributed by atoms with Crippen LogP contribution in [0.25, 0.3) is 0 Å². The minimum absolute atomic E-state index is 0.355. The topological polar surface area (TPSA) is 57.5 Å². The van der Waals surface area contributed by atoms with Gasteiger partial charge in [-0.25, -0.2) is 0 Å². The smallest absolute Gasteiger partial charge is 0.300 e. The molecule has 0 saturated heterocycles. The Morgan fingerprint density at radius 1 is 0.947 bits per heavy atom. The van der Waals surface area contributed by atoms with Crippen LogP contribution in [0.1, 0.15) is 65.2 Å². The molecule has 0 spiro atoms. The Hall–Kier alpha value is -1.09. The number of aliphatic hydroxyl groups is 1. The molecule has 0 aliphatic rings. The number of unbranched alkanes of at least 4 members (excludes halogenated alkanes) is 6. The minimum atomic E-state index is -0.833. The van der Waals surface area contributed by atoms with Crippen LogP contribution in [0.15, 0.2) is 24.3 Å². The maximum Gasteiger partial charge on any atom is 0.300 e. The van der Waals surface area contributed by atoms with Crippen molar-refractivity contribution in [1.29, 1.82) is 0 Å². The molecule has 0 bridgehead atoms. The van der Waals surface area contributed by atoms with Gasteiger partial charge in [-0.05, 0) is 32.6 Å². The molecule has 3 heteroatoms. The second-order valence-corrected chi connectivity index (χ2v) is 4.43. The van der Waals surface area contributed by atoms with E-state index in [0.717, 1.165) is 19.8 Å². The molecule has 0 amide bonds. The quantitative estimate of drug-likeness (QED) is 0.459. The van der Waals surface area contributed by atoms with Gasteiger partial charge in [0.2, 0.25) is 0 Å². The minimum Gasteiger partial charge on any atom is -0.481 e. The first kappa shape index (κ1) is 20.2. The van der Waals surface area contributed by atoms with Gasteiger partial charge in [0.1, 0.15) is 0 Å². The first-order chi connectivity index (χ1) is 9.15. The average Bonchev–Trinajstić information content (AvgIpc) is 2.35. The summed E-state index contributed by atoms with van der Waals surface area (Å²) in [4.78, 5) is 9.00. The van der Waals surface area contributed by atoms with E-state index in [1.807, 2.05) is 0 Å². The number of aliphatic carboxylic acids is 1. The van der Waals surface area contributed by atoms with Gasteiger partial charge >= 0.3 is 0 Å². The van der Waals surface area contributed by atoms with Gasteiger partial charge in [0.15, 0.2) is 0 Å². The van der Waals surface area contributed by atoms with Crippen LogP contribution in [0, 0.1) is 0 Å². The molecule has 0 aliphatic carbocycles. The third-order valence-electron chi connectivity index (χ3n) is 2.45. The maximum atomic E-state index is 9.00. The number of carboxylic acid groups (broad SMARTS) is 1. The van der Waals surface area contributed by atoms with Crippen LogP contribution < -0.4 is 0 Å². The predicted molar refractivity (Wildman–Crippen MR) is 81.3 cm³/mol. The number of allylic oxidation sites excluding steroid dienone is 4. The lowest BCUT2D eigenvalue weighted by molar-refractivity contribution is -0.134. The fraction of sp³-hybridized carbons (Fsp3) is 0.688. The number of hydrogen-bond acceptors (Lipinski definition) is 2. The number of carboxylic acids is 1. The third-order valence-corrected chi connectivity index (χ3v) is 2.45. The van der Waals surface area contributed by atoms with Crippen LogP contribution in [0.2, 0.25) is 0 Å². The SMILES string of the molecule is C/C=C/C/C=C/CCCCCCCCO.CC(=O)O. The van der Waals surface area contributed by atoms with Gasteiger partial charge in [-0.2, -0.15) is 0 Å². The molecule has 0 heterocycles. The van der Waals surface area contributed by atoms with Crippen molar-refractivity contribution in [2.75, 3.05) is 6.61 Å². The van der Waals surface area contributed by atoms with Crippen molar-refractivity contribution in [2.24, 2.45) is 0 Å². The van der Waals surface area contributed by atoms with Gasteiger partial charge in [0, 0.05) is 13.5 Å². The monoisotopic (exact) mass is 270 g/mol. The highest BCUT2D eigenvalue weighted by Crippen LogP contribution is 2.07. The summed E-state index contributed by atoms with van der Waals surface area (Å²) in [6.07, 6.45) is 18.5. The number of rotatable bonds is 10. The van der Waals surface area contributed by atoms with E-state index in [4.69, 9.17) is 15.0 Å². The normalized spacial score (nSPS) is 10.7. The molecule has 0 fully saturated rings. The van der Waals surface area contributed by atoms with Gasteiger partial charge in [-0.1, -0.05) is 50.0 Å². The molecule has 2 N–H and O–H groups in total. The van der Waals surface area contributed by atoms with E-state index in [-0.39, 0.29) is 0 Å². The highest BCUT2D eigenvalue weighted by atomic mass is 16.4. The van der Waals surface area contributed by atoms with E-state index in [2.05, 4.69) is 31.2 Å². The van der Waals surface area contributed by atoms with E-state index in [1.165, 1.54) is 38.5 Å². The summed E-state index contributed by atoms with van der Waals surface area (Å²) in [7, 11) is 0. The summed E-state index contributed by atoms with van der Waals surface area (Å²) in [5.74, 6) is -0.833. The average molecular weight is 270 g/mol. The molecule has 0 atom stereocenters. The molecule has 0 aromatic rings. The van der Waals surface area contributed by atoms with Crippen molar-refractivity contribution in [3.8, 4) is 0 Å². The fourth-order valence-electron chi connectivity index (χ4n) is 1.51. The Morgan fingerprint density at radius 3 is 2.00 bits per heavy atom. The van der Waals surface area contributed by atoms with Gasteiger partial charge in [-0.3, -0.25) is 4.79 Å². The third kappa shape index (κ3) is 31.6. The lowest BCUT2D eigenvalue weighted by Gasteiger charge is -1.98. The molecular formula is C16H30O3. The first-order valence-electron chi connectivity index (χ1n) is 7.21. The molecule has 112 valence electrons. The number of hydrogen-bond donors (Lipinski definition) is 2. The lowest BCUT2D eigenvalue weighted by atomic mass is 10.1. The number of aliphatic hydroxyl groups excluding tert-OH is 1. The van der Waals surface area contributed by atoms with Crippen molar-refractivity contribution < 1.29 is 15.0 Å². The van der Waals surface area contributed by atoms with Crippen molar-refractivity contribution in [3.63, 3.8) is 0 Å². The molecule has 0 aromatic heterocycles. The molecule has 0 unspecified atom stereocenters. The number of carbonyl (C=O) groups is 1. The highest BCUT2D eigenvalue weighted by Gasteiger charge is 1.89. The maximum absolute atomic E-state index is 9.00. The Labute approximate surface area is 118 Å². The fourth-order valence-corrected chi connectivity index (χ4v) is 1.51. The molecule has 19 heavy (non-hydrogen) atoms. The zero-order valence-electron chi connectivity index (χ0n) is 12.5. The van der Waals surface area contributed by atoms with Gasteiger partial charge < -0.3 is 10.2 Å². The zero-order valence-corrected chi connectivity index (χ0v) is 12.5. The summed E-state index contributed by atoms with van der Waals surface area (Å²) in [5.41, 5.74) is 0. The molecule has 0 aliphatic heterocycles. The summed E-state index contributed by atoms with van der Waals surface area (Å²) in [6.45, 7) is 3.49. The summed E-state index contributed by atoms with van der Waals surface area (Å²) in [5, 5.41) is 16.0.